The lowest BCUT2D eigenvalue weighted by Crippen LogP contribution is -2.27. The van der Waals surface area contributed by atoms with E-state index in [4.69, 9.17) is 15.0 Å². The van der Waals surface area contributed by atoms with E-state index in [0.29, 0.717) is 17.5 Å². The number of hydrogen-bond donors (Lipinski definition) is 0. The molecule has 9 aromatic rings. The summed E-state index contributed by atoms with van der Waals surface area (Å²) < 4.78 is 5.00. The highest BCUT2D eigenvalue weighted by Gasteiger charge is 2.20. The van der Waals surface area contributed by atoms with E-state index in [2.05, 4.69) is 103 Å². The summed E-state index contributed by atoms with van der Waals surface area (Å²) in [5.41, 5.74) is 5.07. The minimum Gasteiger partial charge on any atom is -0.309 e. The van der Waals surface area contributed by atoms with E-state index in [1.807, 2.05) is 78.1 Å². The Morgan fingerprint density at radius 1 is 0.571 bits per heavy atom. The zero-order valence-corrected chi connectivity index (χ0v) is 27.7. The molecule has 4 nitrogen and oxygen atoms in total. The highest BCUT2D eigenvalue weighted by Crippen LogP contribution is 2.43. The first-order chi connectivity index (χ1) is 24.2. The average molecular weight is 647 g/mol. The van der Waals surface area contributed by atoms with Gasteiger partial charge in [0.25, 0.3) is 0 Å². The number of hydrogen-bond acceptors (Lipinski definition) is 4. The highest BCUT2D eigenvalue weighted by atomic mass is 32.1. The van der Waals surface area contributed by atoms with Crippen LogP contribution in [-0.2, 0) is 0 Å². The van der Waals surface area contributed by atoms with Gasteiger partial charge in [0, 0.05) is 58.5 Å². The molecule has 3 aromatic heterocycles. The normalized spacial score (nSPS) is 12.5. The molecule has 0 radical (unpaired) electrons. The number of fused-ring (bicyclic) bond motifs is 8. The first kappa shape index (κ1) is 29.0. The molecule has 0 unspecified atom stereocenters. The van der Waals surface area contributed by atoms with E-state index in [1.54, 1.807) is 0 Å². The van der Waals surface area contributed by atoms with Crippen LogP contribution in [0.5, 0.6) is 0 Å². The Balaban J connectivity index is 1.30. The van der Waals surface area contributed by atoms with Gasteiger partial charge < -0.3 is 4.57 Å². The largest absolute Gasteiger partial charge is 0.309 e. The van der Waals surface area contributed by atoms with Crippen molar-refractivity contribution in [2.75, 3.05) is 0 Å². The van der Waals surface area contributed by atoms with Crippen molar-refractivity contribution < 1.29 is 0 Å². The Hall–Kier alpha value is -6.17. The van der Waals surface area contributed by atoms with Gasteiger partial charge in [-0.3, -0.25) is 0 Å². The fourth-order valence-electron chi connectivity index (χ4n) is 7.02. The van der Waals surface area contributed by atoms with Crippen molar-refractivity contribution in [2.45, 2.75) is 6.92 Å². The summed E-state index contributed by atoms with van der Waals surface area (Å²) in [6.45, 7) is 6.24. The lowest BCUT2D eigenvalue weighted by atomic mass is 10.00. The lowest BCUT2D eigenvalue weighted by Gasteiger charge is -2.12. The van der Waals surface area contributed by atoms with Gasteiger partial charge in [0.05, 0.1) is 10.9 Å². The van der Waals surface area contributed by atoms with Crippen molar-refractivity contribution >= 4 is 65.3 Å². The molecule has 0 aliphatic carbocycles. The van der Waals surface area contributed by atoms with E-state index in [-0.39, 0.29) is 0 Å². The Morgan fingerprint density at radius 2 is 1.10 bits per heavy atom. The van der Waals surface area contributed by atoms with Crippen LogP contribution in [0, 0.1) is 0 Å². The molecule has 0 spiro atoms. The summed E-state index contributed by atoms with van der Waals surface area (Å²) in [7, 11) is 0. The third-order valence-corrected chi connectivity index (χ3v) is 10.4. The topological polar surface area (TPSA) is 43.6 Å². The fraction of sp³-hybridized carbons (Fsp3) is 0.0227. The van der Waals surface area contributed by atoms with Gasteiger partial charge in [-0.15, -0.1) is 11.3 Å². The third kappa shape index (κ3) is 4.70. The van der Waals surface area contributed by atoms with E-state index < -0.39 is 0 Å². The predicted molar refractivity (Wildman–Crippen MR) is 207 cm³/mol. The first-order valence-corrected chi connectivity index (χ1v) is 17.2. The second kappa shape index (κ2) is 11.8. The van der Waals surface area contributed by atoms with Crippen LogP contribution in [0.2, 0.25) is 0 Å². The maximum absolute atomic E-state index is 4.96. The first-order valence-electron chi connectivity index (χ1n) is 16.4. The third-order valence-electron chi connectivity index (χ3n) is 9.17. The van der Waals surface area contributed by atoms with E-state index in [1.165, 1.54) is 47.1 Å². The molecular weight excluding hydrogens is 617 g/mol. The van der Waals surface area contributed by atoms with Gasteiger partial charge in [-0.25, -0.2) is 15.0 Å². The summed E-state index contributed by atoms with van der Waals surface area (Å²) in [4.78, 5) is 14.8. The summed E-state index contributed by atoms with van der Waals surface area (Å²) in [5.74, 6) is 1.93. The predicted octanol–water partition coefficient (Wildman–Crippen LogP) is 10.1. The lowest BCUT2D eigenvalue weighted by molar-refractivity contribution is 1.06. The zero-order valence-electron chi connectivity index (χ0n) is 26.8. The van der Waals surface area contributed by atoms with Gasteiger partial charge in [0.1, 0.15) is 0 Å². The molecule has 5 heteroatoms. The minimum atomic E-state index is 0.634. The molecule has 3 heterocycles. The van der Waals surface area contributed by atoms with E-state index >= 15 is 0 Å². The van der Waals surface area contributed by atoms with Gasteiger partial charge >= 0.3 is 0 Å². The fourth-order valence-corrected chi connectivity index (χ4v) is 8.30. The van der Waals surface area contributed by atoms with Crippen molar-refractivity contribution in [1.82, 2.24) is 19.5 Å². The summed E-state index contributed by atoms with van der Waals surface area (Å²) in [6, 6.07) is 46.3. The molecule has 232 valence electrons. The number of aromatic nitrogens is 4. The molecule has 0 N–H and O–H groups in total. The molecular formula is C44H30N4S. The second-order valence-corrected chi connectivity index (χ2v) is 13.0. The molecule has 0 bridgehead atoms. The van der Waals surface area contributed by atoms with Crippen molar-refractivity contribution in [2.24, 2.45) is 0 Å². The molecule has 0 saturated heterocycles. The molecule has 0 saturated carbocycles. The molecule has 0 aliphatic heterocycles. The van der Waals surface area contributed by atoms with Crippen LogP contribution in [0.25, 0.3) is 93.9 Å². The van der Waals surface area contributed by atoms with Crippen molar-refractivity contribution in [3.05, 3.63) is 157 Å². The highest BCUT2D eigenvalue weighted by molar-refractivity contribution is 7.27. The Bertz CT molecular complexity index is 2770. The number of allylic oxidation sites excluding steroid dienone is 1. The summed E-state index contributed by atoms with van der Waals surface area (Å²) >= 11 is 1.87. The Kier molecular flexibility index (Phi) is 6.99. The maximum atomic E-state index is 4.96. The Morgan fingerprint density at radius 3 is 1.69 bits per heavy atom. The smallest absolute Gasteiger partial charge is 0.164 e. The van der Waals surface area contributed by atoms with Gasteiger partial charge in [0.15, 0.2) is 17.5 Å². The van der Waals surface area contributed by atoms with Crippen molar-refractivity contribution in [3.63, 3.8) is 0 Å². The minimum absolute atomic E-state index is 0.634. The Labute approximate surface area is 287 Å². The maximum Gasteiger partial charge on any atom is 0.164 e. The molecule has 0 fully saturated rings. The molecule has 9 rings (SSSR count). The molecule has 6 aromatic carbocycles. The van der Waals surface area contributed by atoms with Gasteiger partial charge in [0.2, 0.25) is 0 Å². The molecule has 0 aliphatic rings. The number of thiophene rings is 1. The number of benzene rings is 6. The van der Waals surface area contributed by atoms with Crippen LogP contribution in [0.15, 0.2) is 146 Å². The van der Waals surface area contributed by atoms with Crippen LogP contribution in [-0.4, -0.2) is 19.5 Å². The van der Waals surface area contributed by atoms with Crippen molar-refractivity contribution in [3.8, 4) is 39.9 Å². The standard InChI is InChI=1S/C44H30N4S/c1-3-15-36-32(4-2)39-40(34-21-12-11-20-33(34)38-35-22-13-14-23-37(35)49-41(38)39)48(36)31-26-24-30(25-27-31)44-46-42(28-16-7-5-8-17-28)45-43(47-44)29-18-9-6-10-19-29/h3-27H,1H2,2H3/b32-4+,36-15+. The van der Waals surface area contributed by atoms with Crippen LogP contribution in [0.1, 0.15) is 6.92 Å². The van der Waals surface area contributed by atoms with E-state index in [9.17, 15) is 0 Å². The van der Waals surface area contributed by atoms with Crippen LogP contribution in [0.4, 0.5) is 0 Å². The van der Waals surface area contributed by atoms with Crippen LogP contribution >= 0.6 is 11.3 Å². The van der Waals surface area contributed by atoms with Gasteiger partial charge in [-0.1, -0.05) is 122 Å². The summed E-state index contributed by atoms with van der Waals surface area (Å²) in [6.07, 6.45) is 6.25. The van der Waals surface area contributed by atoms with Gasteiger partial charge in [-0.2, -0.15) is 0 Å². The zero-order chi connectivity index (χ0) is 32.9. The molecule has 0 amide bonds. The number of rotatable bonds is 5. The quantitative estimate of drug-likeness (QED) is 0.187. The van der Waals surface area contributed by atoms with Crippen molar-refractivity contribution in [1.29, 1.82) is 0 Å². The molecule has 49 heavy (non-hydrogen) atoms. The van der Waals surface area contributed by atoms with E-state index in [0.717, 1.165) is 27.7 Å². The number of nitrogens with zero attached hydrogens (tertiary/aromatic N) is 4. The van der Waals surface area contributed by atoms with Crippen LogP contribution in [0.3, 0.4) is 0 Å². The SMILES string of the molecule is C=C/C=c1\c(=C/C)c2c3sc4ccccc4c3c3ccccc3c2n1-c1ccc(-c2nc(-c3ccccc3)nc(-c3ccccc3)n2)cc1. The van der Waals surface area contributed by atoms with Gasteiger partial charge in [-0.05, 0) is 48.7 Å². The molecule has 0 atom stereocenters. The monoisotopic (exact) mass is 646 g/mol. The average Bonchev–Trinajstić information content (AvgIpc) is 3.72. The summed E-state index contributed by atoms with van der Waals surface area (Å²) in [5, 5.41) is 8.69. The second-order valence-electron chi connectivity index (χ2n) is 12.0. The van der Waals surface area contributed by atoms with Crippen LogP contribution < -0.4 is 10.6 Å².